The Kier molecular flexibility index (Phi) is 6.00. The second kappa shape index (κ2) is 8.00. The molecule has 1 aromatic carbocycles. The zero-order chi connectivity index (χ0) is 18.6. The van der Waals surface area contributed by atoms with Crippen molar-refractivity contribution in [2.45, 2.75) is 13.0 Å². The second-order valence-electron chi connectivity index (χ2n) is 4.91. The molecule has 2 aromatic rings. The molecule has 1 heterocycles. The van der Waals surface area contributed by atoms with Gasteiger partial charge in [0, 0.05) is 5.02 Å². The highest BCUT2D eigenvalue weighted by Crippen LogP contribution is 2.25. The number of methoxy groups -OCH3 is 1. The summed E-state index contributed by atoms with van der Waals surface area (Å²) in [5.74, 6) is -1.75. The number of benzene rings is 1. The van der Waals surface area contributed by atoms with Gasteiger partial charge in [0.1, 0.15) is 16.3 Å². The van der Waals surface area contributed by atoms with Gasteiger partial charge in [0.25, 0.3) is 11.8 Å². The van der Waals surface area contributed by atoms with Crippen LogP contribution in [0.2, 0.25) is 5.02 Å². The number of nitrogens with one attached hydrogen (secondary N) is 1. The SMILES string of the molecule is COc1ccc(Cl)cc1C(=O)O[C@@H](C)C(=O)Nc1sccc1C(N)=O. The standard InChI is InChI=1S/C16H15ClN2O5S/c1-8(14(21)19-15-10(13(18)20)5-6-25-15)24-16(22)11-7-9(17)3-4-12(11)23-2/h3-8H,1-2H3,(H2,18,20)(H,19,21)/t8-/m0/s1. The Labute approximate surface area is 152 Å². The number of amides is 2. The third-order valence-corrected chi connectivity index (χ3v) is 4.27. The van der Waals surface area contributed by atoms with Crippen LogP contribution in [0.25, 0.3) is 0 Å². The normalized spacial score (nSPS) is 11.5. The van der Waals surface area contributed by atoms with Gasteiger partial charge in [0.15, 0.2) is 6.10 Å². The number of ether oxygens (including phenoxy) is 2. The van der Waals surface area contributed by atoms with Crippen molar-refractivity contribution in [2.24, 2.45) is 5.73 Å². The first-order valence-corrected chi connectivity index (χ1v) is 8.32. The highest BCUT2D eigenvalue weighted by atomic mass is 35.5. The Morgan fingerprint density at radius 2 is 1.96 bits per heavy atom. The first-order chi connectivity index (χ1) is 11.8. The lowest BCUT2D eigenvalue weighted by Crippen LogP contribution is -2.30. The van der Waals surface area contributed by atoms with Gasteiger partial charge < -0.3 is 20.5 Å². The van der Waals surface area contributed by atoms with Crippen LogP contribution in [0.3, 0.4) is 0 Å². The molecule has 132 valence electrons. The number of primary amides is 1. The summed E-state index contributed by atoms with van der Waals surface area (Å²) in [6.07, 6.45) is -1.11. The number of rotatable bonds is 6. The van der Waals surface area contributed by atoms with Crippen molar-refractivity contribution in [2.75, 3.05) is 12.4 Å². The molecule has 0 saturated heterocycles. The van der Waals surface area contributed by atoms with E-state index >= 15 is 0 Å². The van der Waals surface area contributed by atoms with E-state index in [-0.39, 0.29) is 16.9 Å². The largest absolute Gasteiger partial charge is 0.496 e. The molecule has 0 spiro atoms. The predicted molar refractivity (Wildman–Crippen MR) is 94.3 cm³/mol. The molecule has 0 unspecified atom stereocenters. The quantitative estimate of drug-likeness (QED) is 0.747. The van der Waals surface area contributed by atoms with Gasteiger partial charge in [-0.2, -0.15) is 0 Å². The van der Waals surface area contributed by atoms with Crippen molar-refractivity contribution >= 4 is 45.7 Å². The smallest absolute Gasteiger partial charge is 0.342 e. The average Bonchev–Trinajstić information content (AvgIpc) is 3.03. The third kappa shape index (κ3) is 4.49. The Bertz CT molecular complexity index is 821. The summed E-state index contributed by atoms with van der Waals surface area (Å²) in [5.41, 5.74) is 5.51. The molecule has 0 fully saturated rings. The molecule has 7 nitrogen and oxygen atoms in total. The molecule has 2 amide bonds. The van der Waals surface area contributed by atoms with Crippen LogP contribution in [-0.2, 0) is 9.53 Å². The molecule has 1 aromatic heterocycles. The Hall–Kier alpha value is -2.58. The molecule has 0 aliphatic carbocycles. The van der Waals surface area contributed by atoms with Crippen molar-refractivity contribution in [1.82, 2.24) is 0 Å². The molecule has 0 aliphatic rings. The van der Waals surface area contributed by atoms with Crippen LogP contribution >= 0.6 is 22.9 Å². The van der Waals surface area contributed by atoms with Gasteiger partial charge in [-0.1, -0.05) is 11.6 Å². The predicted octanol–water partition coefficient (Wildman–Crippen LogP) is 2.69. The van der Waals surface area contributed by atoms with Gasteiger partial charge in [-0.15, -0.1) is 11.3 Å². The zero-order valence-corrected chi connectivity index (χ0v) is 14.9. The Balaban J connectivity index is 2.08. The Morgan fingerprint density at radius 1 is 1.24 bits per heavy atom. The highest BCUT2D eigenvalue weighted by Gasteiger charge is 2.23. The summed E-state index contributed by atoms with van der Waals surface area (Å²) in [5, 5.41) is 4.75. The molecular weight excluding hydrogens is 368 g/mol. The minimum Gasteiger partial charge on any atom is -0.496 e. The molecule has 0 saturated carbocycles. The van der Waals surface area contributed by atoms with E-state index in [1.165, 1.54) is 32.2 Å². The van der Waals surface area contributed by atoms with E-state index in [4.69, 9.17) is 26.8 Å². The van der Waals surface area contributed by atoms with Crippen molar-refractivity contribution < 1.29 is 23.9 Å². The number of nitrogens with two attached hydrogens (primary N) is 1. The molecular formula is C16H15ClN2O5S. The fourth-order valence-electron chi connectivity index (χ4n) is 1.93. The first kappa shape index (κ1) is 18.8. The number of carbonyl (C=O) groups excluding carboxylic acids is 3. The van der Waals surface area contributed by atoms with Gasteiger partial charge in [-0.05, 0) is 36.6 Å². The van der Waals surface area contributed by atoms with Crippen LogP contribution in [-0.4, -0.2) is 31.0 Å². The minimum absolute atomic E-state index is 0.101. The van der Waals surface area contributed by atoms with Crippen LogP contribution < -0.4 is 15.8 Å². The van der Waals surface area contributed by atoms with Gasteiger partial charge >= 0.3 is 5.97 Å². The monoisotopic (exact) mass is 382 g/mol. The van der Waals surface area contributed by atoms with Crippen molar-refractivity contribution in [1.29, 1.82) is 0 Å². The van der Waals surface area contributed by atoms with Crippen molar-refractivity contribution in [3.8, 4) is 5.75 Å². The molecule has 9 heteroatoms. The van der Waals surface area contributed by atoms with E-state index in [1.807, 2.05) is 0 Å². The van der Waals surface area contributed by atoms with Gasteiger partial charge in [-0.3, -0.25) is 9.59 Å². The maximum atomic E-state index is 12.3. The van der Waals surface area contributed by atoms with E-state index in [9.17, 15) is 14.4 Å². The molecule has 1 atom stereocenters. The number of carbonyl (C=O) groups is 3. The van der Waals surface area contributed by atoms with Crippen LogP contribution in [0.15, 0.2) is 29.6 Å². The highest BCUT2D eigenvalue weighted by molar-refractivity contribution is 7.14. The van der Waals surface area contributed by atoms with Gasteiger partial charge in [-0.25, -0.2) is 4.79 Å². The lowest BCUT2D eigenvalue weighted by Gasteiger charge is -2.14. The first-order valence-electron chi connectivity index (χ1n) is 7.06. The molecule has 3 N–H and O–H groups in total. The van der Waals surface area contributed by atoms with Crippen LogP contribution in [0.5, 0.6) is 5.75 Å². The van der Waals surface area contributed by atoms with E-state index in [2.05, 4.69) is 5.32 Å². The second-order valence-corrected chi connectivity index (χ2v) is 6.26. The topological polar surface area (TPSA) is 108 Å². The summed E-state index contributed by atoms with van der Waals surface area (Å²) < 4.78 is 10.2. The van der Waals surface area contributed by atoms with Crippen molar-refractivity contribution in [3.63, 3.8) is 0 Å². The zero-order valence-electron chi connectivity index (χ0n) is 13.4. The maximum absolute atomic E-state index is 12.3. The molecule has 0 radical (unpaired) electrons. The summed E-state index contributed by atoms with van der Waals surface area (Å²) in [7, 11) is 1.40. The number of halogens is 1. The third-order valence-electron chi connectivity index (χ3n) is 3.20. The number of esters is 1. The lowest BCUT2D eigenvalue weighted by molar-refractivity contribution is -0.123. The van der Waals surface area contributed by atoms with Gasteiger partial charge in [0.2, 0.25) is 0 Å². The molecule has 0 aliphatic heterocycles. The van der Waals surface area contributed by atoms with Crippen LogP contribution in [0, 0.1) is 0 Å². The van der Waals surface area contributed by atoms with E-state index < -0.39 is 23.9 Å². The fourth-order valence-corrected chi connectivity index (χ4v) is 2.90. The van der Waals surface area contributed by atoms with Crippen LogP contribution in [0.1, 0.15) is 27.6 Å². The number of anilines is 1. The summed E-state index contributed by atoms with van der Waals surface area (Å²) in [6.45, 7) is 1.40. The summed E-state index contributed by atoms with van der Waals surface area (Å²) in [6, 6.07) is 5.97. The number of hydrogen-bond donors (Lipinski definition) is 2. The fraction of sp³-hybridized carbons (Fsp3) is 0.188. The van der Waals surface area contributed by atoms with E-state index in [1.54, 1.807) is 11.4 Å². The van der Waals surface area contributed by atoms with E-state index in [0.29, 0.717) is 10.0 Å². The summed E-state index contributed by atoms with van der Waals surface area (Å²) >= 11 is 7.01. The Morgan fingerprint density at radius 3 is 2.60 bits per heavy atom. The average molecular weight is 383 g/mol. The molecule has 25 heavy (non-hydrogen) atoms. The maximum Gasteiger partial charge on any atom is 0.342 e. The molecule has 2 rings (SSSR count). The summed E-state index contributed by atoms with van der Waals surface area (Å²) in [4.78, 5) is 35.7. The van der Waals surface area contributed by atoms with Gasteiger partial charge in [0.05, 0.1) is 12.7 Å². The number of hydrogen-bond acceptors (Lipinski definition) is 6. The van der Waals surface area contributed by atoms with E-state index in [0.717, 1.165) is 11.3 Å². The molecule has 0 bridgehead atoms. The number of thiophene rings is 1. The van der Waals surface area contributed by atoms with Crippen molar-refractivity contribution in [3.05, 3.63) is 45.8 Å². The minimum atomic E-state index is -1.11. The lowest BCUT2D eigenvalue weighted by atomic mass is 10.2. The van der Waals surface area contributed by atoms with Crippen LogP contribution in [0.4, 0.5) is 5.00 Å².